The van der Waals surface area contributed by atoms with Crippen molar-refractivity contribution in [3.05, 3.63) is 45.9 Å². The van der Waals surface area contributed by atoms with Gasteiger partial charge in [-0.25, -0.2) is 9.48 Å². The molecule has 30 heavy (non-hydrogen) atoms. The summed E-state index contributed by atoms with van der Waals surface area (Å²) >= 11 is 7.54. The van der Waals surface area contributed by atoms with Crippen LogP contribution >= 0.6 is 22.9 Å². The topological polar surface area (TPSA) is 76.5 Å². The number of thiophene rings is 1. The van der Waals surface area contributed by atoms with Crippen molar-refractivity contribution in [2.75, 3.05) is 19.7 Å². The van der Waals surface area contributed by atoms with Crippen molar-refractivity contribution < 1.29 is 14.3 Å². The maximum atomic E-state index is 12.9. The number of benzene rings is 1. The van der Waals surface area contributed by atoms with Crippen molar-refractivity contribution in [2.24, 2.45) is 0 Å². The van der Waals surface area contributed by atoms with Crippen LogP contribution in [0.5, 0.6) is 0 Å². The van der Waals surface area contributed by atoms with Crippen molar-refractivity contribution in [3.8, 4) is 5.69 Å². The van der Waals surface area contributed by atoms with Crippen LogP contribution in [0.1, 0.15) is 35.1 Å². The molecule has 158 valence electrons. The minimum absolute atomic E-state index is 0.0407. The molecule has 0 unspecified atom stereocenters. The Morgan fingerprint density at radius 1 is 1.30 bits per heavy atom. The van der Waals surface area contributed by atoms with Crippen molar-refractivity contribution in [1.29, 1.82) is 0 Å². The summed E-state index contributed by atoms with van der Waals surface area (Å²) in [5, 5.41) is 9.31. The summed E-state index contributed by atoms with van der Waals surface area (Å²) in [6, 6.07) is 9.42. The Hall–Kier alpha value is -2.58. The summed E-state index contributed by atoms with van der Waals surface area (Å²) in [5.74, 6) is -0.0946. The fourth-order valence-electron chi connectivity index (χ4n) is 3.62. The van der Waals surface area contributed by atoms with Crippen molar-refractivity contribution >= 4 is 45.2 Å². The molecule has 2 aromatic heterocycles. The molecule has 1 aliphatic rings. The second kappa shape index (κ2) is 8.65. The highest BCUT2D eigenvalue weighted by molar-refractivity contribution is 7.20. The number of piperidine rings is 1. The van der Waals surface area contributed by atoms with Crippen LogP contribution in [0.25, 0.3) is 15.9 Å². The van der Waals surface area contributed by atoms with E-state index < -0.39 is 0 Å². The maximum absolute atomic E-state index is 12.9. The number of aryl methyl sites for hydroxylation is 1. The summed E-state index contributed by atoms with van der Waals surface area (Å²) in [5.41, 5.74) is 1.73. The number of nitrogens with one attached hydrogen (secondary N) is 1. The van der Waals surface area contributed by atoms with E-state index in [0.717, 1.165) is 21.6 Å². The number of amides is 2. The van der Waals surface area contributed by atoms with Gasteiger partial charge in [0.25, 0.3) is 5.91 Å². The van der Waals surface area contributed by atoms with E-state index >= 15 is 0 Å². The molecule has 2 amide bonds. The Balaban J connectivity index is 1.47. The van der Waals surface area contributed by atoms with Gasteiger partial charge in [-0.2, -0.15) is 5.10 Å². The summed E-state index contributed by atoms with van der Waals surface area (Å²) in [6.45, 7) is 5.26. The quantitative estimate of drug-likeness (QED) is 0.644. The molecule has 1 aromatic carbocycles. The van der Waals surface area contributed by atoms with Crippen molar-refractivity contribution in [3.63, 3.8) is 0 Å². The molecule has 3 aromatic rings. The molecule has 0 bridgehead atoms. The number of carbonyl (C=O) groups excluding carboxylic acids is 2. The molecule has 7 nitrogen and oxygen atoms in total. The molecule has 0 spiro atoms. The molecule has 1 aliphatic heterocycles. The average Bonchev–Trinajstić information content (AvgIpc) is 3.29. The molecular formula is C21H23ClN4O3S. The molecule has 0 radical (unpaired) electrons. The fraction of sp³-hybridized carbons (Fsp3) is 0.381. The van der Waals surface area contributed by atoms with E-state index in [1.165, 1.54) is 11.3 Å². The van der Waals surface area contributed by atoms with E-state index in [1.807, 2.05) is 41.9 Å². The lowest BCUT2D eigenvalue weighted by atomic mass is 10.1. The van der Waals surface area contributed by atoms with Gasteiger partial charge in [-0.15, -0.1) is 11.3 Å². The van der Waals surface area contributed by atoms with Gasteiger partial charge in [-0.1, -0.05) is 17.7 Å². The van der Waals surface area contributed by atoms with E-state index in [0.29, 0.717) is 42.4 Å². The van der Waals surface area contributed by atoms with Crippen LogP contribution in [0.3, 0.4) is 0 Å². The number of nitrogens with zero attached hydrogens (tertiary/aromatic N) is 3. The number of aromatic nitrogens is 2. The van der Waals surface area contributed by atoms with E-state index in [9.17, 15) is 9.59 Å². The minimum Gasteiger partial charge on any atom is -0.450 e. The first-order valence-electron chi connectivity index (χ1n) is 9.94. The Labute approximate surface area is 183 Å². The minimum atomic E-state index is -0.284. The smallest absolute Gasteiger partial charge is 0.409 e. The number of carbonyl (C=O) groups is 2. The molecule has 0 atom stereocenters. The van der Waals surface area contributed by atoms with Gasteiger partial charge in [0.05, 0.1) is 22.9 Å². The van der Waals surface area contributed by atoms with E-state index in [-0.39, 0.29) is 18.0 Å². The van der Waals surface area contributed by atoms with Crippen LogP contribution in [0, 0.1) is 6.92 Å². The highest BCUT2D eigenvalue weighted by Gasteiger charge is 2.26. The maximum Gasteiger partial charge on any atom is 0.409 e. The normalized spacial score (nSPS) is 14.8. The summed E-state index contributed by atoms with van der Waals surface area (Å²) < 4.78 is 6.87. The molecule has 4 rings (SSSR count). The van der Waals surface area contributed by atoms with Crippen LogP contribution in [0.4, 0.5) is 4.79 Å². The zero-order chi connectivity index (χ0) is 21.3. The van der Waals surface area contributed by atoms with Crippen LogP contribution in [0.15, 0.2) is 30.3 Å². The van der Waals surface area contributed by atoms with Crippen LogP contribution in [-0.4, -0.2) is 52.4 Å². The van der Waals surface area contributed by atoms with Gasteiger partial charge >= 0.3 is 6.09 Å². The lowest BCUT2D eigenvalue weighted by molar-refractivity contribution is 0.0863. The molecule has 1 fully saturated rings. The highest BCUT2D eigenvalue weighted by atomic mass is 35.5. The summed E-state index contributed by atoms with van der Waals surface area (Å²) in [4.78, 5) is 27.9. The molecule has 1 saturated heterocycles. The van der Waals surface area contributed by atoms with Crippen molar-refractivity contribution in [1.82, 2.24) is 20.0 Å². The molecule has 0 aliphatic carbocycles. The SMILES string of the molecule is CCOC(=O)N1CCC(NC(=O)c2cc3c(C)nn(-c4cccc(Cl)c4)c3s2)CC1. The number of rotatable bonds is 4. The van der Waals surface area contributed by atoms with Gasteiger partial charge in [0, 0.05) is 29.5 Å². The third-order valence-electron chi connectivity index (χ3n) is 5.18. The first-order valence-corrected chi connectivity index (χ1v) is 11.1. The predicted octanol–water partition coefficient (Wildman–Crippen LogP) is 4.40. The number of ether oxygens (including phenoxy) is 1. The highest BCUT2D eigenvalue weighted by Crippen LogP contribution is 2.31. The number of halogens is 1. The molecule has 3 heterocycles. The Morgan fingerprint density at radius 2 is 2.07 bits per heavy atom. The zero-order valence-electron chi connectivity index (χ0n) is 16.9. The van der Waals surface area contributed by atoms with Crippen molar-refractivity contribution in [2.45, 2.75) is 32.7 Å². The number of fused-ring (bicyclic) bond motifs is 1. The Morgan fingerprint density at radius 3 is 2.77 bits per heavy atom. The standard InChI is InChI=1S/C21H23ClN4O3S/c1-3-29-21(28)25-9-7-15(8-10-25)23-19(27)18-12-17-13(2)24-26(20(17)30-18)16-6-4-5-14(22)11-16/h4-6,11-12,15H,3,7-10H2,1-2H3,(H,23,27). The van der Waals surface area contributed by atoms with Gasteiger partial charge in [0.1, 0.15) is 4.83 Å². The zero-order valence-corrected chi connectivity index (χ0v) is 18.4. The molecule has 1 N–H and O–H groups in total. The Bertz CT molecular complexity index is 1090. The monoisotopic (exact) mass is 446 g/mol. The number of likely N-dealkylation sites (tertiary alicyclic amines) is 1. The van der Waals surface area contributed by atoms with Crippen LogP contribution < -0.4 is 5.32 Å². The van der Waals surface area contributed by atoms with E-state index in [4.69, 9.17) is 16.3 Å². The third-order valence-corrected chi connectivity index (χ3v) is 6.52. The predicted molar refractivity (Wildman–Crippen MR) is 118 cm³/mol. The number of hydrogen-bond donors (Lipinski definition) is 1. The number of hydrogen-bond acceptors (Lipinski definition) is 5. The fourth-order valence-corrected chi connectivity index (χ4v) is 4.89. The first-order chi connectivity index (χ1) is 14.5. The van der Waals surface area contributed by atoms with E-state index in [1.54, 1.807) is 11.8 Å². The molecule has 0 saturated carbocycles. The third kappa shape index (κ3) is 4.15. The van der Waals surface area contributed by atoms with E-state index in [2.05, 4.69) is 10.4 Å². The second-order valence-electron chi connectivity index (χ2n) is 7.24. The van der Waals surface area contributed by atoms with Gasteiger partial charge in [-0.3, -0.25) is 4.79 Å². The lowest BCUT2D eigenvalue weighted by Crippen LogP contribution is -2.46. The van der Waals surface area contributed by atoms with Crippen LogP contribution in [-0.2, 0) is 4.74 Å². The largest absolute Gasteiger partial charge is 0.450 e. The summed E-state index contributed by atoms with van der Waals surface area (Å²) in [7, 11) is 0. The average molecular weight is 447 g/mol. The molecular weight excluding hydrogens is 424 g/mol. The molecule has 9 heteroatoms. The lowest BCUT2D eigenvalue weighted by Gasteiger charge is -2.31. The summed E-state index contributed by atoms with van der Waals surface area (Å²) in [6.07, 6.45) is 1.14. The van der Waals surface area contributed by atoms with Gasteiger partial charge in [0.2, 0.25) is 0 Å². The van der Waals surface area contributed by atoms with Gasteiger partial charge in [-0.05, 0) is 51.0 Å². The van der Waals surface area contributed by atoms with Gasteiger partial charge < -0.3 is 15.0 Å². The van der Waals surface area contributed by atoms with Gasteiger partial charge in [0.15, 0.2) is 0 Å². The first kappa shape index (κ1) is 20.7. The Kier molecular flexibility index (Phi) is 5.97. The second-order valence-corrected chi connectivity index (χ2v) is 8.71. The van der Waals surface area contributed by atoms with Crippen LogP contribution in [0.2, 0.25) is 5.02 Å².